The van der Waals surface area contributed by atoms with Gasteiger partial charge in [-0.2, -0.15) is 4.73 Å². The molecule has 8 heteroatoms. The lowest BCUT2D eigenvalue weighted by Crippen LogP contribution is -2.45. The minimum absolute atomic E-state index is 0.229. The average Bonchev–Trinajstić information content (AvgIpc) is 2.66. The Bertz CT molecular complexity index is 778. The van der Waals surface area contributed by atoms with E-state index in [9.17, 15) is 19.6 Å². The summed E-state index contributed by atoms with van der Waals surface area (Å²) in [5, 5.41) is 13.9. The maximum Gasteiger partial charge on any atom is 0.405 e. The molecule has 2 aromatic rings. The number of methoxy groups -OCH3 is 1. The Balaban J connectivity index is 1.93. The molecule has 1 aromatic carbocycles. The number of nitrogens with one attached hydrogen (secondary N) is 1. The van der Waals surface area contributed by atoms with Crippen LogP contribution in [0.5, 0.6) is 0 Å². The van der Waals surface area contributed by atoms with Crippen LogP contribution >= 0.6 is 0 Å². The molecule has 1 N–H and O–H groups in total. The SMILES string of the molecule is COC(=O)[C@H](Cc1ccccc1)NC(=O)COC(=O)c1cccc[n+]1[O-]. The monoisotopic (exact) mass is 358 g/mol. The highest BCUT2D eigenvalue weighted by molar-refractivity contribution is 5.89. The molecule has 0 unspecified atom stereocenters. The van der Waals surface area contributed by atoms with E-state index in [2.05, 4.69) is 5.32 Å². The molecule has 2 rings (SSSR count). The van der Waals surface area contributed by atoms with Crippen molar-refractivity contribution in [3.63, 3.8) is 0 Å². The fraction of sp³-hybridized carbons (Fsp3) is 0.222. The van der Waals surface area contributed by atoms with Crippen molar-refractivity contribution < 1.29 is 28.6 Å². The molecule has 0 aliphatic carbocycles. The third-order valence-corrected chi connectivity index (χ3v) is 3.47. The minimum Gasteiger partial charge on any atom is -0.618 e. The number of benzene rings is 1. The number of aromatic nitrogens is 1. The second-order valence-electron chi connectivity index (χ2n) is 5.32. The summed E-state index contributed by atoms with van der Waals surface area (Å²) in [6.45, 7) is -0.629. The molecule has 8 nitrogen and oxygen atoms in total. The van der Waals surface area contributed by atoms with Crippen molar-refractivity contribution in [1.29, 1.82) is 0 Å². The van der Waals surface area contributed by atoms with Gasteiger partial charge in [-0.05, 0) is 11.6 Å². The summed E-state index contributed by atoms with van der Waals surface area (Å²) in [4.78, 5) is 35.7. The number of ether oxygens (including phenoxy) is 2. The molecule has 0 saturated carbocycles. The molecule has 136 valence electrons. The van der Waals surface area contributed by atoms with Crippen molar-refractivity contribution in [1.82, 2.24) is 5.32 Å². The Kier molecular flexibility index (Phi) is 6.67. The predicted molar refractivity (Wildman–Crippen MR) is 89.8 cm³/mol. The largest absolute Gasteiger partial charge is 0.618 e. The van der Waals surface area contributed by atoms with Crippen LogP contribution in [0.15, 0.2) is 54.7 Å². The molecule has 26 heavy (non-hydrogen) atoms. The number of esters is 2. The van der Waals surface area contributed by atoms with Gasteiger partial charge >= 0.3 is 17.6 Å². The number of carbonyl (C=O) groups is 3. The Morgan fingerprint density at radius 3 is 2.46 bits per heavy atom. The Labute approximate surface area is 149 Å². The van der Waals surface area contributed by atoms with Gasteiger partial charge < -0.3 is 20.0 Å². The topological polar surface area (TPSA) is 109 Å². The molecule has 1 amide bonds. The molecule has 1 aromatic heterocycles. The van der Waals surface area contributed by atoms with Crippen molar-refractivity contribution in [2.75, 3.05) is 13.7 Å². The summed E-state index contributed by atoms with van der Waals surface area (Å²) in [6, 6.07) is 12.4. The van der Waals surface area contributed by atoms with Crippen molar-refractivity contribution in [3.05, 3.63) is 71.2 Å². The maximum atomic E-state index is 12.0. The van der Waals surface area contributed by atoms with E-state index in [1.54, 1.807) is 0 Å². The highest BCUT2D eigenvalue weighted by atomic mass is 16.5. The molecule has 0 aliphatic rings. The molecule has 0 saturated heterocycles. The zero-order valence-electron chi connectivity index (χ0n) is 14.1. The number of pyridine rings is 1. The van der Waals surface area contributed by atoms with E-state index in [-0.39, 0.29) is 12.1 Å². The Morgan fingerprint density at radius 1 is 1.12 bits per heavy atom. The van der Waals surface area contributed by atoms with Gasteiger partial charge in [-0.1, -0.05) is 30.3 Å². The first-order valence-corrected chi connectivity index (χ1v) is 7.77. The fourth-order valence-electron chi connectivity index (χ4n) is 2.21. The van der Waals surface area contributed by atoms with Crippen LogP contribution in [0.3, 0.4) is 0 Å². The van der Waals surface area contributed by atoms with Crippen LogP contribution in [-0.4, -0.2) is 37.6 Å². The minimum atomic E-state index is -0.937. The lowest BCUT2D eigenvalue weighted by molar-refractivity contribution is -0.608. The van der Waals surface area contributed by atoms with Gasteiger partial charge in [0.1, 0.15) is 6.04 Å². The molecular formula is C18H18N2O6. The van der Waals surface area contributed by atoms with E-state index in [1.165, 1.54) is 25.3 Å². The summed E-state index contributed by atoms with van der Waals surface area (Å²) in [7, 11) is 1.22. The third kappa shape index (κ3) is 5.30. The number of amides is 1. The zero-order valence-corrected chi connectivity index (χ0v) is 14.1. The lowest BCUT2D eigenvalue weighted by Gasteiger charge is -2.16. The Hall–Kier alpha value is -3.42. The van der Waals surface area contributed by atoms with Gasteiger partial charge in [-0.25, -0.2) is 9.59 Å². The second-order valence-corrected chi connectivity index (χ2v) is 5.32. The standard InChI is InChI=1S/C18H18N2O6/c1-25-17(22)14(11-13-7-3-2-4-8-13)19-16(21)12-26-18(23)15-9-5-6-10-20(15)24/h2-10,14H,11-12H2,1H3,(H,19,21)/t14-/m0/s1. The van der Waals surface area contributed by atoms with E-state index in [0.29, 0.717) is 4.73 Å². The van der Waals surface area contributed by atoms with Gasteiger partial charge in [0.15, 0.2) is 12.8 Å². The number of hydrogen-bond donors (Lipinski definition) is 1. The van der Waals surface area contributed by atoms with Crippen molar-refractivity contribution >= 4 is 17.8 Å². The summed E-state index contributed by atoms with van der Waals surface area (Å²) >= 11 is 0. The third-order valence-electron chi connectivity index (χ3n) is 3.47. The van der Waals surface area contributed by atoms with Gasteiger partial charge in [-0.3, -0.25) is 4.79 Å². The van der Waals surface area contributed by atoms with Crippen LogP contribution in [0, 0.1) is 5.21 Å². The van der Waals surface area contributed by atoms with Crippen LogP contribution < -0.4 is 10.0 Å². The number of carbonyl (C=O) groups excluding carboxylic acids is 3. The molecule has 0 spiro atoms. The van der Waals surface area contributed by atoms with Crippen LogP contribution in [0.1, 0.15) is 16.1 Å². The highest BCUT2D eigenvalue weighted by Gasteiger charge is 2.23. The van der Waals surface area contributed by atoms with E-state index < -0.39 is 30.5 Å². The van der Waals surface area contributed by atoms with Gasteiger partial charge in [0, 0.05) is 18.6 Å². The highest BCUT2D eigenvalue weighted by Crippen LogP contribution is 2.05. The summed E-state index contributed by atoms with van der Waals surface area (Å²) in [5.41, 5.74) is 0.589. The molecule has 0 radical (unpaired) electrons. The quantitative estimate of drug-likeness (QED) is 0.435. The number of hydrogen-bond acceptors (Lipinski definition) is 6. The van der Waals surface area contributed by atoms with Gasteiger partial charge in [0.2, 0.25) is 0 Å². The van der Waals surface area contributed by atoms with Gasteiger partial charge in [0.05, 0.1) is 7.11 Å². The molecular weight excluding hydrogens is 340 g/mol. The van der Waals surface area contributed by atoms with Crippen molar-refractivity contribution in [3.8, 4) is 0 Å². The fourth-order valence-corrected chi connectivity index (χ4v) is 2.21. The second kappa shape index (κ2) is 9.16. The normalized spacial score (nSPS) is 11.3. The smallest absolute Gasteiger partial charge is 0.405 e. The van der Waals surface area contributed by atoms with Crippen LogP contribution in [0.25, 0.3) is 0 Å². The van der Waals surface area contributed by atoms with Crippen LogP contribution in [0.2, 0.25) is 0 Å². The van der Waals surface area contributed by atoms with Crippen LogP contribution in [-0.2, 0) is 25.5 Å². The van der Waals surface area contributed by atoms with E-state index in [4.69, 9.17) is 9.47 Å². The molecule has 0 bridgehead atoms. The zero-order chi connectivity index (χ0) is 18.9. The molecule has 1 atom stereocenters. The summed E-state index contributed by atoms with van der Waals surface area (Å²) < 4.78 is 9.84. The molecule has 0 aliphatic heterocycles. The Morgan fingerprint density at radius 2 is 1.81 bits per heavy atom. The number of rotatable bonds is 7. The van der Waals surface area contributed by atoms with Crippen LogP contribution in [0.4, 0.5) is 0 Å². The maximum absolute atomic E-state index is 12.0. The van der Waals surface area contributed by atoms with Crippen molar-refractivity contribution in [2.24, 2.45) is 0 Å². The van der Waals surface area contributed by atoms with Gasteiger partial charge in [0.25, 0.3) is 5.91 Å². The number of nitrogens with zero attached hydrogens (tertiary/aromatic N) is 1. The first-order valence-electron chi connectivity index (χ1n) is 7.77. The van der Waals surface area contributed by atoms with E-state index >= 15 is 0 Å². The van der Waals surface area contributed by atoms with E-state index in [1.807, 2.05) is 30.3 Å². The van der Waals surface area contributed by atoms with Crippen molar-refractivity contribution in [2.45, 2.75) is 12.5 Å². The van der Waals surface area contributed by atoms with E-state index in [0.717, 1.165) is 11.8 Å². The average molecular weight is 358 g/mol. The van der Waals surface area contributed by atoms with Gasteiger partial charge in [-0.15, -0.1) is 0 Å². The summed E-state index contributed by atoms with van der Waals surface area (Å²) in [6.07, 6.45) is 1.37. The first-order chi connectivity index (χ1) is 12.5. The molecule has 1 heterocycles. The molecule has 0 fully saturated rings. The first kappa shape index (κ1) is 18.9. The lowest BCUT2D eigenvalue weighted by atomic mass is 10.1. The summed E-state index contributed by atoms with van der Waals surface area (Å²) in [5.74, 6) is -2.24. The predicted octanol–water partition coefficient (Wildman–Crippen LogP) is 0.377.